The molecule has 0 bridgehead atoms. The topological polar surface area (TPSA) is 77.2 Å². The lowest BCUT2D eigenvalue weighted by molar-refractivity contribution is 0.0957. The second kappa shape index (κ2) is 6.52. The highest BCUT2D eigenvalue weighted by Crippen LogP contribution is 2.31. The molecular formula is C14H21N3O2. The summed E-state index contributed by atoms with van der Waals surface area (Å²) in [6.07, 6.45) is 5.20. The third-order valence-corrected chi connectivity index (χ3v) is 3.77. The molecule has 1 aromatic rings. The fraction of sp³-hybridized carbons (Fsp3) is 0.571. The van der Waals surface area contributed by atoms with E-state index in [9.17, 15) is 4.79 Å². The Labute approximate surface area is 113 Å². The van der Waals surface area contributed by atoms with Gasteiger partial charge >= 0.3 is 0 Å². The van der Waals surface area contributed by atoms with Crippen LogP contribution in [0.1, 0.15) is 29.8 Å². The largest absolute Gasteiger partial charge is 0.493 e. The molecule has 0 aromatic carbocycles. The van der Waals surface area contributed by atoms with Gasteiger partial charge in [-0.1, -0.05) is 6.42 Å². The molecule has 1 aliphatic rings. The lowest BCUT2D eigenvalue weighted by Crippen LogP contribution is -2.23. The van der Waals surface area contributed by atoms with E-state index in [0.717, 1.165) is 6.54 Å². The van der Waals surface area contributed by atoms with E-state index in [-0.39, 0.29) is 5.91 Å². The summed E-state index contributed by atoms with van der Waals surface area (Å²) >= 11 is 0. The summed E-state index contributed by atoms with van der Waals surface area (Å²) in [5.74, 6) is 1.59. The van der Waals surface area contributed by atoms with E-state index in [2.05, 4.69) is 10.3 Å². The fourth-order valence-corrected chi connectivity index (χ4v) is 2.60. The molecule has 0 spiro atoms. The number of rotatable bonds is 5. The van der Waals surface area contributed by atoms with Crippen molar-refractivity contribution >= 4 is 5.91 Å². The van der Waals surface area contributed by atoms with E-state index in [1.54, 1.807) is 25.4 Å². The Morgan fingerprint density at radius 3 is 3.05 bits per heavy atom. The van der Waals surface area contributed by atoms with E-state index in [1.807, 2.05) is 0 Å². The van der Waals surface area contributed by atoms with E-state index >= 15 is 0 Å². The maximum absolute atomic E-state index is 11.5. The van der Waals surface area contributed by atoms with Crippen molar-refractivity contribution in [3.8, 4) is 5.75 Å². The third-order valence-electron chi connectivity index (χ3n) is 3.77. The third kappa shape index (κ3) is 3.44. The molecule has 1 aromatic heterocycles. The minimum atomic E-state index is -0.203. The molecule has 5 heteroatoms. The van der Waals surface area contributed by atoms with Crippen LogP contribution in [0.3, 0.4) is 0 Å². The minimum absolute atomic E-state index is 0.203. The molecule has 19 heavy (non-hydrogen) atoms. The van der Waals surface area contributed by atoms with Gasteiger partial charge in [0.15, 0.2) is 0 Å². The SMILES string of the molecule is CNC(=O)c1cc(OCC2CCCC2CN)ccn1. The molecule has 0 saturated heterocycles. The summed E-state index contributed by atoms with van der Waals surface area (Å²) in [4.78, 5) is 15.5. The molecule has 2 atom stereocenters. The fourth-order valence-electron chi connectivity index (χ4n) is 2.60. The molecule has 0 aliphatic heterocycles. The lowest BCUT2D eigenvalue weighted by atomic mass is 9.97. The van der Waals surface area contributed by atoms with Crippen molar-refractivity contribution in [3.63, 3.8) is 0 Å². The van der Waals surface area contributed by atoms with Crippen LogP contribution in [-0.4, -0.2) is 31.1 Å². The number of nitrogens with one attached hydrogen (secondary N) is 1. The molecule has 104 valence electrons. The Hall–Kier alpha value is -1.62. The smallest absolute Gasteiger partial charge is 0.269 e. The highest BCUT2D eigenvalue weighted by Gasteiger charge is 2.26. The van der Waals surface area contributed by atoms with Crippen molar-refractivity contribution in [2.45, 2.75) is 19.3 Å². The van der Waals surface area contributed by atoms with Crippen LogP contribution in [0.4, 0.5) is 0 Å². The van der Waals surface area contributed by atoms with Gasteiger partial charge < -0.3 is 15.8 Å². The molecule has 1 heterocycles. The number of hydrogen-bond donors (Lipinski definition) is 2. The molecule has 1 amide bonds. The first-order valence-electron chi connectivity index (χ1n) is 6.75. The number of nitrogens with zero attached hydrogens (tertiary/aromatic N) is 1. The Balaban J connectivity index is 1.94. The normalized spacial score (nSPS) is 22.2. The summed E-state index contributed by atoms with van der Waals surface area (Å²) in [6, 6.07) is 3.45. The number of amides is 1. The van der Waals surface area contributed by atoms with Crippen molar-refractivity contribution < 1.29 is 9.53 Å². The first kappa shape index (κ1) is 13.8. The van der Waals surface area contributed by atoms with Crippen LogP contribution in [-0.2, 0) is 0 Å². The Morgan fingerprint density at radius 2 is 2.32 bits per heavy atom. The predicted molar refractivity (Wildman–Crippen MR) is 73.0 cm³/mol. The van der Waals surface area contributed by atoms with E-state index < -0.39 is 0 Å². The van der Waals surface area contributed by atoms with Gasteiger partial charge in [-0.3, -0.25) is 9.78 Å². The minimum Gasteiger partial charge on any atom is -0.493 e. The van der Waals surface area contributed by atoms with Crippen molar-refractivity contribution in [2.24, 2.45) is 17.6 Å². The van der Waals surface area contributed by atoms with E-state index in [0.29, 0.717) is 29.9 Å². The number of ether oxygens (including phenoxy) is 1. The van der Waals surface area contributed by atoms with Gasteiger partial charge in [0.1, 0.15) is 11.4 Å². The molecular weight excluding hydrogens is 242 g/mol. The van der Waals surface area contributed by atoms with Gasteiger partial charge in [-0.2, -0.15) is 0 Å². The maximum atomic E-state index is 11.5. The number of hydrogen-bond acceptors (Lipinski definition) is 4. The second-order valence-corrected chi connectivity index (χ2v) is 4.95. The molecule has 1 aliphatic carbocycles. The Bertz CT molecular complexity index is 436. The zero-order valence-electron chi connectivity index (χ0n) is 11.3. The predicted octanol–water partition coefficient (Wildman–Crippen LogP) is 1.19. The molecule has 1 saturated carbocycles. The summed E-state index contributed by atoms with van der Waals surface area (Å²) in [5.41, 5.74) is 6.13. The van der Waals surface area contributed by atoms with Crippen LogP contribution in [0.5, 0.6) is 5.75 Å². The van der Waals surface area contributed by atoms with Gasteiger partial charge in [-0.25, -0.2) is 0 Å². The highest BCUT2D eigenvalue weighted by molar-refractivity contribution is 5.92. The van der Waals surface area contributed by atoms with Crippen molar-refractivity contribution in [2.75, 3.05) is 20.2 Å². The summed E-state index contributed by atoms with van der Waals surface area (Å²) in [7, 11) is 1.59. The number of nitrogens with two attached hydrogens (primary N) is 1. The molecule has 2 rings (SSSR count). The Kier molecular flexibility index (Phi) is 4.74. The van der Waals surface area contributed by atoms with Crippen LogP contribution in [0, 0.1) is 11.8 Å². The van der Waals surface area contributed by atoms with Gasteiger partial charge in [0.25, 0.3) is 5.91 Å². The molecule has 5 nitrogen and oxygen atoms in total. The van der Waals surface area contributed by atoms with Crippen molar-refractivity contribution in [3.05, 3.63) is 24.0 Å². The molecule has 2 unspecified atom stereocenters. The number of carbonyl (C=O) groups is 1. The van der Waals surface area contributed by atoms with Gasteiger partial charge in [0.2, 0.25) is 0 Å². The van der Waals surface area contributed by atoms with Crippen LogP contribution >= 0.6 is 0 Å². The van der Waals surface area contributed by atoms with E-state index in [1.165, 1.54) is 19.3 Å². The van der Waals surface area contributed by atoms with Gasteiger partial charge in [0.05, 0.1) is 6.61 Å². The first-order valence-corrected chi connectivity index (χ1v) is 6.75. The number of pyridine rings is 1. The number of aromatic nitrogens is 1. The van der Waals surface area contributed by atoms with Crippen molar-refractivity contribution in [1.82, 2.24) is 10.3 Å². The maximum Gasteiger partial charge on any atom is 0.269 e. The van der Waals surface area contributed by atoms with Crippen LogP contribution in [0.2, 0.25) is 0 Å². The summed E-state index contributed by atoms with van der Waals surface area (Å²) in [5, 5.41) is 2.55. The van der Waals surface area contributed by atoms with Crippen molar-refractivity contribution in [1.29, 1.82) is 0 Å². The highest BCUT2D eigenvalue weighted by atomic mass is 16.5. The Morgan fingerprint density at radius 1 is 1.53 bits per heavy atom. The standard InChI is InChI=1S/C14H21N3O2/c1-16-14(18)13-7-12(5-6-17-13)19-9-11-4-2-3-10(11)8-15/h5-7,10-11H,2-4,8-9,15H2,1H3,(H,16,18). The van der Waals surface area contributed by atoms with Crippen LogP contribution in [0.15, 0.2) is 18.3 Å². The van der Waals surface area contributed by atoms with Gasteiger partial charge in [-0.05, 0) is 37.3 Å². The first-order chi connectivity index (χ1) is 9.24. The monoisotopic (exact) mass is 263 g/mol. The molecule has 0 radical (unpaired) electrons. The zero-order chi connectivity index (χ0) is 13.7. The second-order valence-electron chi connectivity index (χ2n) is 4.95. The van der Waals surface area contributed by atoms with Crippen LogP contribution in [0.25, 0.3) is 0 Å². The van der Waals surface area contributed by atoms with Gasteiger partial charge in [0, 0.05) is 19.3 Å². The molecule has 1 fully saturated rings. The lowest BCUT2D eigenvalue weighted by Gasteiger charge is -2.18. The average Bonchev–Trinajstić information content (AvgIpc) is 2.92. The van der Waals surface area contributed by atoms with E-state index in [4.69, 9.17) is 10.5 Å². The summed E-state index contributed by atoms with van der Waals surface area (Å²) in [6.45, 7) is 1.40. The average molecular weight is 263 g/mol. The zero-order valence-corrected chi connectivity index (χ0v) is 11.3. The van der Waals surface area contributed by atoms with Gasteiger partial charge in [-0.15, -0.1) is 0 Å². The quantitative estimate of drug-likeness (QED) is 0.836. The van der Waals surface area contributed by atoms with Crippen LogP contribution < -0.4 is 15.8 Å². The summed E-state index contributed by atoms with van der Waals surface area (Å²) < 4.78 is 5.78. The number of carbonyl (C=O) groups excluding carboxylic acids is 1. The molecule has 3 N–H and O–H groups in total.